The molecule has 13 heavy (non-hydrogen) atoms. The van der Waals surface area contributed by atoms with Crippen molar-refractivity contribution in [2.75, 3.05) is 11.6 Å². The van der Waals surface area contributed by atoms with E-state index in [1.54, 1.807) is 18.2 Å². The first-order valence-electron chi connectivity index (χ1n) is 4.40. The first-order valence-corrected chi connectivity index (χ1v) is 4.40. The van der Waals surface area contributed by atoms with Crippen molar-refractivity contribution in [3.05, 3.63) is 29.6 Å². The van der Waals surface area contributed by atoms with Gasteiger partial charge in [0.15, 0.2) is 0 Å². The van der Waals surface area contributed by atoms with Gasteiger partial charge in [0.2, 0.25) is 0 Å². The van der Waals surface area contributed by atoms with E-state index in [0.717, 1.165) is 17.9 Å². The number of pyridine rings is 1. The van der Waals surface area contributed by atoms with Gasteiger partial charge in [-0.3, -0.25) is 0 Å². The van der Waals surface area contributed by atoms with Gasteiger partial charge in [0.05, 0.1) is 6.20 Å². The molecule has 0 amide bonds. The summed E-state index contributed by atoms with van der Waals surface area (Å²) in [4.78, 5) is 0. The van der Waals surface area contributed by atoms with Gasteiger partial charge >= 0.3 is 5.82 Å². The molecule has 0 bridgehead atoms. The third kappa shape index (κ3) is 2.59. The number of anilines is 1. The van der Waals surface area contributed by atoms with E-state index in [1.165, 1.54) is 6.20 Å². The van der Waals surface area contributed by atoms with Crippen LogP contribution in [0.1, 0.15) is 19.8 Å². The zero-order valence-electron chi connectivity index (χ0n) is 7.68. The van der Waals surface area contributed by atoms with E-state index in [0.29, 0.717) is 11.3 Å². The van der Waals surface area contributed by atoms with Gasteiger partial charge in [-0.1, -0.05) is 19.4 Å². The quantitative estimate of drug-likeness (QED) is 0.434. The summed E-state index contributed by atoms with van der Waals surface area (Å²) >= 11 is 0. The number of hydrogen-bond donors (Lipinski definition) is 1. The molecular weight excluding hydrogens is 168 g/mol. The van der Waals surface area contributed by atoms with Crippen LogP contribution in [0.5, 0.6) is 0 Å². The van der Waals surface area contributed by atoms with Crippen molar-refractivity contribution >= 4 is 5.82 Å². The molecule has 4 heteroatoms. The van der Waals surface area contributed by atoms with E-state index < -0.39 is 0 Å². The molecule has 0 aromatic carbocycles. The van der Waals surface area contributed by atoms with Crippen molar-refractivity contribution < 1.29 is 9.94 Å². The smallest absolute Gasteiger partial charge is 0.309 e. The highest BCUT2D eigenvalue weighted by molar-refractivity contribution is 5.27. The average molecular weight is 182 g/mol. The normalized spacial score (nSPS) is 10.0. The Labute approximate surface area is 77.6 Å². The lowest BCUT2D eigenvalue weighted by molar-refractivity contribution is -0.594. The summed E-state index contributed by atoms with van der Waals surface area (Å²) in [7, 11) is 0. The van der Waals surface area contributed by atoms with E-state index in [-0.39, 0.29) is 5.82 Å². The van der Waals surface area contributed by atoms with Gasteiger partial charge in [0, 0.05) is 6.07 Å². The van der Waals surface area contributed by atoms with Crippen molar-refractivity contribution in [1.82, 2.24) is 0 Å². The maximum absolute atomic E-state index is 11.1. The van der Waals surface area contributed by atoms with Crippen LogP contribution in [0.15, 0.2) is 24.4 Å². The highest BCUT2D eigenvalue weighted by Gasteiger charge is 2.12. The fourth-order valence-electron chi connectivity index (χ4n) is 1.04. The first-order chi connectivity index (χ1) is 6.25. The third-order valence-electron chi connectivity index (χ3n) is 1.79. The summed E-state index contributed by atoms with van der Waals surface area (Å²) in [6.07, 6.45) is 3.22. The van der Waals surface area contributed by atoms with Gasteiger partial charge in [-0.25, -0.2) is 9.94 Å². The van der Waals surface area contributed by atoms with Crippen LogP contribution < -0.4 is 9.79 Å². The fraction of sp³-hybridized carbons (Fsp3) is 0.444. The Morgan fingerprint density at radius 3 is 2.92 bits per heavy atom. The predicted octanol–water partition coefficient (Wildman–Crippen LogP) is 1.32. The number of hydroxylamine groups is 1. The van der Waals surface area contributed by atoms with E-state index in [1.807, 2.05) is 6.92 Å². The second kappa shape index (κ2) is 4.67. The molecule has 1 aromatic rings. The number of aromatic nitrogens is 1. The second-order valence-electron chi connectivity index (χ2n) is 2.86. The molecule has 0 aliphatic carbocycles. The summed E-state index contributed by atoms with van der Waals surface area (Å²) in [5.74, 6) is 0.274. The lowest BCUT2D eigenvalue weighted by Gasteiger charge is -2.12. The van der Waals surface area contributed by atoms with Crippen molar-refractivity contribution in [1.29, 1.82) is 0 Å². The Morgan fingerprint density at radius 2 is 2.31 bits per heavy atom. The highest BCUT2D eigenvalue weighted by Crippen LogP contribution is 2.04. The number of unbranched alkanes of at least 4 members (excludes halogenated alkanes) is 1. The van der Waals surface area contributed by atoms with E-state index in [9.17, 15) is 10.4 Å². The molecule has 0 atom stereocenters. The van der Waals surface area contributed by atoms with Crippen LogP contribution in [0.2, 0.25) is 0 Å². The molecule has 0 spiro atoms. The number of rotatable bonds is 4. The summed E-state index contributed by atoms with van der Waals surface area (Å²) in [6.45, 7) is 2.52. The zero-order valence-corrected chi connectivity index (χ0v) is 7.68. The van der Waals surface area contributed by atoms with Crippen molar-refractivity contribution in [2.24, 2.45) is 0 Å². The molecule has 0 aliphatic heterocycles. The van der Waals surface area contributed by atoms with Crippen LogP contribution in [-0.2, 0) is 0 Å². The fourth-order valence-corrected chi connectivity index (χ4v) is 1.04. The molecule has 4 nitrogen and oxygen atoms in total. The Morgan fingerprint density at radius 1 is 1.54 bits per heavy atom. The third-order valence-corrected chi connectivity index (χ3v) is 1.79. The summed E-state index contributed by atoms with van der Waals surface area (Å²) < 4.78 is 0.648. The minimum atomic E-state index is 0.274. The predicted molar refractivity (Wildman–Crippen MR) is 49.4 cm³/mol. The summed E-state index contributed by atoms with van der Waals surface area (Å²) in [5.41, 5.74) is 0. The second-order valence-corrected chi connectivity index (χ2v) is 2.86. The Bertz CT molecular complexity index is 266. The topological polar surface area (TPSA) is 50.4 Å². The largest absolute Gasteiger partial charge is 0.711 e. The van der Waals surface area contributed by atoms with Gasteiger partial charge in [-0.15, -0.1) is 5.06 Å². The minimum Gasteiger partial charge on any atom is -0.711 e. The molecular formula is C9H14N2O2. The van der Waals surface area contributed by atoms with Crippen molar-refractivity contribution in [3.63, 3.8) is 0 Å². The van der Waals surface area contributed by atoms with Gasteiger partial charge in [-0.2, -0.15) is 0 Å². The molecule has 0 radical (unpaired) electrons. The molecule has 0 fully saturated rings. The van der Waals surface area contributed by atoms with Crippen molar-refractivity contribution in [2.45, 2.75) is 19.8 Å². The first kappa shape index (κ1) is 9.80. The van der Waals surface area contributed by atoms with E-state index in [2.05, 4.69) is 0 Å². The summed E-state index contributed by atoms with van der Waals surface area (Å²) in [5, 5.41) is 21.6. The van der Waals surface area contributed by atoms with E-state index >= 15 is 0 Å². The molecule has 0 saturated heterocycles. The van der Waals surface area contributed by atoms with Crippen molar-refractivity contribution in [3.8, 4) is 0 Å². The van der Waals surface area contributed by atoms with Gasteiger partial charge in [-0.05, 0) is 12.5 Å². The zero-order chi connectivity index (χ0) is 9.68. The molecule has 0 unspecified atom stereocenters. The lowest BCUT2D eigenvalue weighted by Crippen LogP contribution is -2.36. The van der Waals surface area contributed by atoms with Crippen LogP contribution in [0, 0.1) is 5.21 Å². The Kier molecular flexibility index (Phi) is 3.52. The molecule has 0 aliphatic rings. The van der Waals surface area contributed by atoms with Crippen LogP contribution in [0.3, 0.4) is 0 Å². The van der Waals surface area contributed by atoms with Crippen LogP contribution >= 0.6 is 0 Å². The number of hydrogen-bond acceptors (Lipinski definition) is 3. The SMILES string of the molecule is CCCCN(O)c1cccc[n+]1[O-]. The molecule has 0 saturated carbocycles. The lowest BCUT2D eigenvalue weighted by atomic mass is 10.3. The monoisotopic (exact) mass is 182 g/mol. The molecule has 1 aromatic heterocycles. The van der Waals surface area contributed by atoms with Crippen LogP contribution in [0.25, 0.3) is 0 Å². The molecule has 72 valence electrons. The highest BCUT2D eigenvalue weighted by atomic mass is 16.5. The average Bonchev–Trinajstić information content (AvgIpc) is 2.15. The molecule has 1 rings (SSSR count). The van der Waals surface area contributed by atoms with Crippen LogP contribution in [-0.4, -0.2) is 11.8 Å². The standard InChI is InChI=1S/C9H14N2O2/c1-2-3-7-10(12)9-6-4-5-8-11(9)13/h4-6,8,12H,2-3,7H2,1H3. The van der Waals surface area contributed by atoms with Gasteiger partial charge in [0.1, 0.15) is 6.54 Å². The maximum atomic E-state index is 11.1. The number of nitrogens with zero attached hydrogens (tertiary/aromatic N) is 2. The van der Waals surface area contributed by atoms with Gasteiger partial charge in [0.25, 0.3) is 0 Å². The molecule has 1 N–H and O–H groups in total. The van der Waals surface area contributed by atoms with E-state index in [4.69, 9.17) is 0 Å². The maximum Gasteiger partial charge on any atom is 0.309 e. The van der Waals surface area contributed by atoms with Gasteiger partial charge < -0.3 is 5.21 Å². The minimum absolute atomic E-state index is 0.274. The Balaban J connectivity index is 2.65. The Hall–Kier alpha value is -1.29. The molecule has 1 heterocycles. The van der Waals surface area contributed by atoms with Crippen LogP contribution in [0.4, 0.5) is 5.82 Å². The summed E-state index contributed by atoms with van der Waals surface area (Å²) in [6, 6.07) is 4.94.